The molecule has 4 aliphatic rings. The third-order valence-corrected chi connectivity index (χ3v) is 20.8. The highest BCUT2D eigenvalue weighted by atomic mass is 32.1. The number of ether oxygens (including phenoxy) is 6. The fraction of sp³-hybridized carbons (Fsp3) is 0.355. The molecule has 12 rings (SSSR count). The Kier molecular flexibility index (Phi) is 19.2. The van der Waals surface area contributed by atoms with Gasteiger partial charge in [-0.3, -0.25) is 28.8 Å². The van der Waals surface area contributed by atoms with Gasteiger partial charge in [-0.15, -0.1) is 56.7 Å². The minimum Gasteiger partial charge on any atom is -0.506 e. The van der Waals surface area contributed by atoms with Gasteiger partial charge >= 0.3 is 11.9 Å². The summed E-state index contributed by atoms with van der Waals surface area (Å²) in [7, 11) is 4.88. The summed E-state index contributed by atoms with van der Waals surface area (Å²) in [5.74, 6) is -7.20. The summed E-state index contributed by atoms with van der Waals surface area (Å²) in [5.41, 5.74) is -1.56. The first-order valence-electron chi connectivity index (χ1n) is 29.7. The zero-order chi connectivity index (χ0) is 69.0. The number of hydrogen-bond acceptors (Lipinski definition) is 29. The molecule has 1 fully saturated rings. The number of aromatic amines is 1. The number of benzene rings is 1. The van der Waals surface area contributed by atoms with Crippen molar-refractivity contribution in [1.29, 1.82) is 0 Å². The van der Waals surface area contributed by atoms with Gasteiger partial charge in [0.1, 0.15) is 125 Å². The van der Waals surface area contributed by atoms with Crippen molar-refractivity contribution in [1.82, 2.24) is 66.4 Å². The number of esters is 2. The highest BCUT2D eigenvalue weighted by Crippen LogP contribution is 2.43. The van der Waals surface area contributed by atoms with Gasteiger partial charge in [-0.05, 0) is 59.5 Å². The number of allylic oxidation sites excluding steroid dienone is 2. The Morgan fingerprint density at radius 1 is 0.825 bits per heavy atom. The number of aromatic hydroxyl groups is 1. The minimum absolute atomic E-state index is 0.00662. The molecule has 11 heterocycles. The quantitative estimate of drug-likeness (QED) is 0.0504. The summed E-state index contributed by atoms with van der Waals surface area (Å²) in [4.78, 5) is 147. The molecular formula is C62H61N13O17S5. The highest BCUT2D eigenvalue weighted by Gasteiger charge is 2.50. The number of nitrogens with zero attached hydrogens (tertiary/aromatic N) is 7. The Labute approximate surface area is 570 Å². The lowest BCUT2D eigenvalue weighted by Crippen LogP contribution is -2.62. The molecule has 8 aromatic rings. The molecule has 35 heteroatoms. The molecule has 12 bridgehead atoms. The molecule has 10 unspecified atom stereocenters. The number of aliphatic hydroxyl groups is 2. The standard InChI is InChI=1S/C62H61N13O17S5/c1-23(24(2)76)63-50(79)34-20-96-58(69-34)45-38(78)13-29-43(71-45)33-18-94-56(66-33)32-17-90-60(84)44-30-16-88-47(48(61(85)89-15-28-11-10-12-31(64-44)40(28)30)92-39-14-62(6,86)49(75(7)8)27(5)91-39)46(59-70-35(21-97-59)51(80)65-32)74-53(82)37-22-95-57(68-37)42(26(4)87-9)73-54(83)41(25(3)77)72-52(81)36-19-93-55(29)67-36/h10-13,18-22,25,27,32,39,41,46-49,64,77-78,86H,1,14-17H2,2-9H3,(H,63,79)(H,65,80)(H,72,81)(H,73,83)(H,74,82)/b42-26+. The van der Waals surface area contributed by atoms with Gasteiger partial charge in [-0.1, -0.05) is 18.7 Å². The normalized spacial score (nSPS) is 24.2. The zero-order valence-electron chi connectivity index (χ0n) is 52.7. The van der Waals surface area contributed by atoms with Crippen LogP contribution < -0.4 is 26.6 Å². The number of carbonyl (C=O) groups is 8. The fourth-order valence-electron chi connectivity index (χ4n) is 11.6. The maximum Gasteiger partial charge on any atom is 0.355 e. The molecule has 1 saturated heterocycles. The smallest absolute Gasteiger partial charge is 0.355 e. The van der Waals surface area contributed by atoms with Crippen LogP contribution in [0.5, 0.6) is 5.75 Å². The van der Waals surface area contributed by atoms with Crippen LogP contribution in [0.15, 0.2) is 69.2 Å². The highest BCUT2D eigenvalue weighted by molar-refractivity contribution is 7.14. The zero-order valence-corrected chi connectivity index (χ0v) is 56.7. The van der Waals surface area contributed by atoms with E-state index in [2.05, 4.69) is 53.1 Å². The first-order chi connectivity index (χ1) is 46.2. The molecule has 0 saturated carbocycles. The van der Waals surface area contributed by atoms with E-state index < -0.39 is 127 Å². The topological polar surface area (TPSA) is 409 Å². The number of H-pyrrole nitrogens is 1. The van der Waals surface area contributed by atoms with Gasteiger partial charge in [0.2, 0.25) is 5.91 Å². The summed E-state index contributed by atoms with van der Waals surface area (Å²) >= 11 is 4.65. The van der Waals surface area contributed by atoms with Gasteiger partial charge in [0.05, 0.1) is 43.3 Å². The summed E-state index contributed by atoms with van der Waals surface area (Å²) in [6, 6.07) is 1.30. The third-order valence-electron chi connectivity index (χ3n) is 16.3. The number of aromatic nitrogens is 7. The summed E-state index contributed by atoms with van der Waals surface area (Å²) in [5, 5.41) is 56.1. The van der Waals surface area contributed by atoms with Gasteiger partial charge in [0.25, 0.3) is 23.6 Å². The van der Waals surface area contributed by atoms with Crippen LogP contribution in [0.25, 0.3) is 49.3 Å². The Morgan fingerprint density at radius 2 is 1.49 bits per heavy atom. The maximum absolute atomic E-state index is 15.2. The first kappa shape index (κ1) is 67.8. The van der Waals surface area contributed by atoms with E-state index in [9.17, 15) is 44.1 Å². The number of thiazole rings is 5. The number of nitrogens with one attached hydrogen (secondary N) is 6. The third kappa shape index (κ3) is 13.7. The van der Waals surface area contributed by atoms with E-state index in [1.54, 1.807) is 56.4 Å². The van der Waals surface area contributed by atoms with Crippen LogP contribution in [0.1, 0.15) is 132 Å². The lowest BCUT2D eigenvalue weighted by Gasteiger charge is -2.48. The van der Waals surface area contributed by atoms with Gasteiger partial charge in [-0.25, -0.2) is 39.5 Å². The summed E-state index contributed by atoms with van der Waals surface area (Å²) in [6.07, 6.45) is -7.28. The van der Waals surface area contributed by atoms with E-state index in [0.717, 1.165) is 56.7 Å². The predicted octanol–water partition coefficient (Wildman–Crippen LogP) is 5.28. The average molecular weight is 1420 g/mol. The molecule has 97 heavy (non-hydrogen) atoms. The van der Waals surface area contributed by atoms with Gasteiger partial charge in [0, 0.05) is 62.3 Å². The number of fused-ring (bicyclic) bond motifs is 15. The monoisotopic (exact) mass is 1420 g/mol. The van der Waals surface area contributed by atoms with Crippen molar-refractivity contribution < 1.29 is 82.1 Å². The molecule has 0 radical (unpaired) electrons. The second-order valence-electron chi connectivity index (χ2n) is 23.4. The molecular weight excluding hydrogens is 1360 g/mol. The van der Waals surface area contributed by atoms with E-state index in [4.69, 9.17) is 43.4 Å². The Hall–Kier alpha value is -9.14. The van der Waals surface area contributed by atoms with Gasteiger partial charge < -0.3 is 80.2 Å². The molecule has 0 spiro atoms. The van der Waals surface area contributed by atoms with Crippen molar-refractivity contribution in [2.24, 2.45) is 0 Å². The Balaban J connectivity index is 1.03. The molecule has 30 nitrogen and oxygen atoms in total. The van der Waals surface area contributed by atoms with Gasteiger partial charge in [0.15, 0.2) is 18.2 Å². The van der Waals surface area contributed by atoms with Gasteiger partial charge in [-0.2, -0.15) is 0 Å². The van der Waals surface area contributed by atoms with Crippen molar-refractivity contribution in [3.05, 3.63) is 124 Å². The number of aliphatic hydroxyl groups excluding tert-OH is 1. The Bertz CT molecular complexity index is 4540. The van der Waals surface area contributed by atoms with Crippen molar-refractivity contribution in [3.8, 4) is 38.4 Å². The van der Waals surface area contributed by atoms with Crippen LogP contribution in [-0.4, -0.2) is 179 Å². The second kappa shape index (κ2) is 27.4. The molecule has 9 N–H and O–H groups in total. The van der Waals surface area contributed by atoms with Crippen LogP contribution in [0.3, 0.4) is 0 Å². The number of ketones is 1. The number of hydrogen-bond donors (Lipinski definition) is 9. The Morgan fingerprint density at radius 3 is 2.22 bits per heavy atom. The molecule has 7 aromatic heterocycles. The number of cyclic esters (lactones) is 2. The fourth-order valence-corrected chi connectivity index (χ4v) is 15.8. The number of likely N-dealkylation sites (N-methyl/N-ethyl adjacent to an activating group) is 1. The largest absolute Gasteiger partial charge is 0.506 e. The van der Waals surface area contributed by atoms with Crippen molar-refractivity contribution >= 4 is 121 Å². The lowest BCUT2D eigenvalue weighted by atomic mass is 9.85. The average Bonchev–Trinajstić information content (AvgIpc) is 1.76. The van der Waals surface area contributed by atoms with E-state index in [1.807, 2.05) is 0 Å². The number of rotatable bonds is 9. The van der Waals surface area contributed by atoms with Crippen LogP contribution in [0.2, 0.25) is 0 Å². The van der Waals surface area contributed by atoms with E-state index in [1.165, 1.54) is 55.5 Å². The van der Waals surface area contributed by atoms with E-state index >= 15 is 9.59 Å². The first-order valence-corrected chi connectivity index (χ1v) is 34.1. The van der Waals surface area contributed by atoms with E-state index in [0.29, 0.717) is 16.5 Å². The molecule has 0 aliphatic carbocycles. The van der Waals surface area contributed by atoms with Crippen LogP contribution in [0, 0.1) is 0 Å². The maximum atomic E-state index is 15.2. The van der Waals surface area contributed by atoms with Crippen molar-refractivity contribution in [2.45, 2.75) is 115 Å². The SMILES string of the molecule is C=C(NC(=O)c1csc(-c2nc3c(cc2O)-c2nc(cs2)C(=O)NC(C(C)O)C(=O)N/C(=C(\C)OC)c2nc(cs2)C(=O)NC2c4nc(cs4)C(=O)NC(COC(=O)c4[nH]c5cccc6c5c4COC2C(OC2CC(C)(O)C(N(C)C)C(C)O2)C(=O)OC6)c2nc-3cs2)n1)C(C)=O. The lowest BCUT2D eigenvalue weighted by molar-refractivity contribution is -0.280. The summed E-state index contributed by atoms with van der Waals surface area (Å²) in [6.45, 7) is 9.48. The van der Waals surface area contributed by atoms with Crippen LogP contribution in [-0.2, 0) is 56.0 Å². The predicted molar refractivity (Wildman–Crippen MR) is 351 cm³/mol. The molecule has 1 aromatic carbocycles. The minimum atomic E-state index is -1.85. The van der Waals surface area contributed by atoms with Crippen LogP contribution >= 0.6 is 56.7 Å². The van der Waals surface area contributed by atoms with E-state index in [-0.39, 0.29) is 112 Å². The van der Waals surface area contributed by atoms with Crippen molar-refractivity contribution in [2.75, 3.05) is 27.8 Å². The number of pyridine rings is 1. The molecule has 10 atom stereocenters. The van der Waals surface area contributed by atoms with Crippen molar-refractivity contribution in [3.63, 3.8) is 0 Å². The molecule has 4 aliphatic heterocycles. The molecule has 506 valence electrons. The van der Waals surface area contributed by atoms with Crippen LogP contribution in [0.4, 0.5) is 0 Å². The number of Topliss-reactive ketones (excluding diaryl/α,β-unsaturated/α-hetero) is 1. The second-order valence-corrected chi connectivity index (χ2v) is 27.7. The number of carbonyl (C=O) groups excluding carboxylic acids is 8. The number of methoxy groups -OCH3 is 1. The molecule has 5 amide bonds. The summed E-state index contributed by atoms with van der Waals surface area (Å²) < 4.78 is 37.8. The number of amides is 5.